The number of carboxylic acids is 2. The van der Waals surface area contributed by atoms with Crippen LogP contribution in [0.4, 0.5) is 10.5 Å². The predicted molar refractivity (Wildman–Crippen MR) is 122 cm³/mol. The van der Waals surface area contributed by atoms with Gasteiger partial charge in [0.15, 0.2) is 0 Å². The van der Waals surface area contributed by atoms with Crippen LogP contribution in [0.2, 0.25) is 0 Å². The number of rotatable bonds is 6. The van der Waals surface area contributed by atoms with E-state index in [1.165, 1.54) is 0 Å². The van der Waals surface area contributed by atoms with Crippen LogP contribution in [0.25, 0.3) is 0 Å². The number of cyclic esters (lactones) is 1. The molecular formula is C23H34N4O6. The van der Waals surface area contributed by atoms with Crippen molar-refractivity contribution in [3.8, 4) is 0 Å². The van der Waals surface area contributed by atoms with Gasteiger partial charge in [-0.15, -0.1) is 0 Å². The molecule has 0 aromatic heterocycles. The van der Waals surface area contributed by atoms with Crippen LogP contribution in [0.15, 0.2) is 24.3 Å². The number of ether oxygens (including phenoxy) is 1. The second kappa shape index (κ2) is 12.0. The van der Waals surface area contributed by atoms with Crippen LogP contribution < -0.4 is 16.0 Å². The van der Waals surface area contributed by atoms with Crippen molar-refractivity contribution in [2.75, 3.05) is 44.2 Å². The van der Waals surface area contributed by atoms with Gasteiger partial charge in [-0.3, -0.25) is 19.4 Å². The highest BCUT2D eigenvalue weighted by Crippen LogP contribution is 2.24. The molecule has 0 radical (unpaired) electrons. The van der Waals surface area contributed by atoms with E-state index in [9.17, 15) is 14.4 Å². The Morgan fingerprint density at radius 3 is 2.09 bits per heavy atom. The van der Waals surface area contributed by atoms with Crippen molar-refractivity contribution in [2.24, 2.45) is 17.6 Å². The third-order valence-electron chi connectivity index (χ3n) is 6.44. The number of nitrogens with two attached hydrogens (primary N) is 1. The number of nitrogens with zero attached hydrogens (tertiary/aromatic N) is 2. The van der Waals surface area contributed by atoms with E-state index in [2.05, 4.69) is 10.2 Å². The summed E-state index contributed by atoms with van der Waals surface area (Å²) < 4.78 is 5.47. The fourth-order valence-electron chi connectivity index (χ4n) is 4.36. The van der Waals surface area contributed by atoms with Crippen LogP contribution in [-0.2, 0) is 20.9 Å². The Morgan fingerprint density at radius 1 is 1.00 bits per heavy atom. The molecule has 0 aliphatic carbocycles. The number of nitrogens with one attached hydrogen (secondary N) is 1. The number of piperidine rings is 2. The Bertz CT molecular complexity index is 804. The van der Waals surface area contributed by atoms with Crippen LogP contribution in [0.1, 0.15) is 31.2 Å². The molecule has 0 saturated carbocycles. The van der Waals surface area contributed by atoms with Crippen molar-refractivity contribution in [1.29, 1.82) is 0 Å². The number of likely N-dealkylation sites (tertiary alicyclic amines) is 1. The molecule has 5 N–H and O–H groups in total. The Hall–Kier alpha value is -2.69. The zero-order valence-electron chi connectivity index (χ0n) is 18.8. The predicted octanol–water partition coefficient (Wildman–Crippen LogP) is 1.34. The summed E-state index contributed by atoms with van der Waals surface area (Å²) in [5.74, 6) is -1.69. The number of carbonyl (C=O) groups excluding carboxylic acids is 1. The number of carbonyl (C=O) groups is 3. The Labute approximate surface area is 193 Å². The van der Waals surface area contributed by atoms with E-state index in [-0.39, 0.29) is 24.0 Å². The molecule has 3 heterocycles. The Kier molecular flexibility index (Phi) is 9.04. The maximum absolute atomic E-state index is 12.1. The molecule has 33 heavy (non-hydrogen) atoms. The summed E-state index contributed by atoms with van der Waals surface area (Å²) in [5, 5.41) is 20.7. The maximum atomic E-state index is 12.1. The molecule has 3 aliphatic heterocycles. The maximum Gasteiger partial charge on any atom is 0.414 e. The Morgan fingerprint density at radius 2 is 1.58 bits per heavy atom. The van der Waals surface area contributed by atoms with Crippen molar-refractivity contribution in [1.82, 2.24) is 10.2 Å². The van der Waals surface area contributed by atoms with Crippen LogP contribution in [0, 0.1) is 11.8 Å². The summed E-state index contributed by atoms with van der Waals surface area (Å²) in [6.07, 6.45) is 2.36. The second-order valence-corrected chi connectivity index (χ2v) is 8.76. The lowest BCUT2D eigenvalue weighted by Gasteiger charge is -2.31. The lowest BCUT2D eigenvalue weighted by Crippen LogP contribution is -2.41. The van der Waals surface area contributed by atoms with Gasteiger partial charge in [0.1, 0.15) is 6.10 Å². The fourth-order valence-corrected chi connectivity index (χ4v) is 4.36. The molecular weight excluding hydrogens is 428 g/mol. The average Bonchev–Trinajstić information content (AvgIpc) is 3.20. The summed E-state index contributed by atoms with van der Waals surface area (Å²) in [6, 6.07) is 7.58. The first-order valence-corrected chi connectivity index (χ1v) is 11.5. The molecule has 1 aromatic rings. The normalized spacial score (nSPS) is 22.4. The number of hydrogen-bond donors (Lipinski definition) is 4. The molecule has 1 atom stereocenters. The minimum Gasteiger partial charge on any atom is -0.481 e. The minimum atomic E-state index is -0.714. The summed E-state index contributed by atoms with van der Waals surface area (Å²) in [4.78, 5) is 37.2. The van der Waals surface area contributed by atoms with Gasteiger partial charge in [0.2, 0.25) is 0 Å². The molecule has 3 fully saturated rings. The molecule has 3 saturated heterocycles. The molecule has 1 amide bonds. The highest BCUT2D eigenvalue weighted by atomic mass is 16.6. The lowest BCUT2D eigenvalue weighted by atomic mass is 9.97. The molecule has 3 aliphatic rings. The second-order valence-electron chi connectivity index (χ2n) is 8.76. The number of carboxylic acid groups (broad SMARTS) is 2. The van der Waals surface area contributed by atoms with Gasteiger partial charge in [-0.25, -0.2) is 4.79 Å². The van der Waals surface area contributed by atoms with Gasteiger partial charge in [-0.2, -0.15) is 0 Å². The van der Waals surface area contributed by atoms with E-state index in [4.69, 9.17) is 20.7 Å². The summed E-state index contributed by atoms with van der Waals surface area (Å²) >= 11 is 0. The third kappa shape index (κ3) is 7.15. The zero-order chi connectivity index (χ0) is 23.8. The summed E-state index contributed by atoms with van der Waals surface area (Å²) in [6.45, 7) is 4.81. The number of amides is 1. The molecule has 10 heteroatoms. The van der Waals surface area contributed by atoms with Gasteiger partial charge in [-0.05, 0) is 69.6 Å². The Balaban J connectivity index is 0.000000286. The highest BCUT2D eigenvalue weighted by molar-refractivity contribution is 5.89. The van der Waals surface area contributed by atoms with Crippen molar-refractivity contribution in [2.45, 2.75) is 38.3 Å². The molecule has 1 aromatic carbocycles. The molecule has 10 nitrogen and oxygen atoms in total. The number of aliphatic carboxylic acids is 2. The van der Waals surface area contributed by atoms with Crippen LogP contribution in [-0.4, -0.2) is 78.5 Å². The van der Waals surface area contributed by atoms with Crippen molar-refractivity contribution < 1.29 is 29.3 Å². The van der Waals surface area contributed by atoms with E-state index >= 15 is 0 Å². The number of benzene rings is 1. The molecule has 182 valence electrons. The van der Waals surface area contributed by atoms with Gasteiger partial charge in [0.05, 0.1) is 18.4 Å². The molecule has 0 unspecified atom stereocenters. The monoisotopic (exact) mass is 462 g/mol. The largest absolute Gasteiger partial charge is 0.481 e. The van der Waals surface area contributed by atoms with Crippen molar-refractivity contribution in [3.05, 3.63) is 29.8 Å². The van der Waals surface area contributed by atoms with Gasteiger partial charge in [0.25, 0.3) is 0 Å². The summed E-state index contributed by atoms with van der Waals surface area (Å²) in [7, 11) is 0. The fraction of sp³-hybridized carbons (Fsp3) is 0.609. The highest BCUT2D eigenvalue weighted by Gasteiger charge is 2.34. The number of hydrogen-bond acceptors (Lipinski definition) is 7. The molecule has 4 rings (SSSR count). The molecule has 0 spiro atoms. The van der Waals surface area contributed by atoms with Gasteiger partial charge < -0.3 is 26.0 Å². The van der Waals surface area contributed by atoms with Gasteiger partial charge in [0, 0.05) is 18.8 Å². The van der Waals surface area contributed by atoms with Gasteiger partial charge in [-0.1, -0.05) is 12.1 Å². The minimum absolute atomic E-state index is 0.0914. The quantitative estimate of drug-likeness (QED) is 0.492. The van der Waals surface area contributed by atoms with E-state index in [0.29, 0.717) is 32.5 Å². The van der Waals surface area contributed by atoms with Crippen molar-refractivity contribution in [3.63, 3.8) is 0 Å². The van der Waals surface area contributed by atoms with E-state index < -0.39 is 11.9 Å². The lowest BCUT2D eigenvalue weighted by molar-refractivity contribution is -0.144. The van der Waals surface area contributed by atoms with Crippen molar-refractivity contribution >= 4 is 23.7 Å². The standard InChI is InChI=1S/C17H23N3O4.C6H11NO2/c18-9-12-1-3-14(4-2-12)20-11-15(24-17(20)23)10-19-7-5-13(6-8-19)16(21)22;8-6(9)5-1-3-7-4-2-5/h1-4,13,15H,5-11,18H2,(H,21,22);5,7H,1-4H2,(H,8,9)/t15-;/m1./s1. The first kappa shape index (κ1) is 24.9. The number of anilines is 1. The first-order chi connectivity index (χ1) is 15.9. The third-order valence-corrected chi connectivity index (χ3v) is 6.44. The molecule has 0 bridgehead atoms. The van der Waals surface area contributed by atoms with Gasteiger partial charge >= 0.3 is 18.0 Å². The van der Waals surface area contributed by atoms with E-state index in [0.717, 1.165) is 50.3 Å². The topological polar surface area (TPSA) is 145 Å². The average molecular weight is 463 g/mol. The zero-order valence-corrected chi connectivity index (χ0v) is 18.8. The summed E-state index contributed by atoms with van der Waals surface area (Å²) in [5.41, 5.74) is 7.42. The van der Waals surface area contributed by atoms with E-state index in [1.807, 2.05) is 24.3 Å². The van der Waals surface area contributed by atoms with Crippen LogP contribution >= 0.6 is 0 Å². The van der Waals surface area contributed by atoms with Crippen LogP contribution in [0.3, 0.4) is 0 Å². The van der Waals surface area contributed by atoms with E-state index in [1.54, 1.807) is 4.90 Å². The first-order valence-electron chi connectivity index (χ1n) is 11.5. The smallest absolute Gasteiger partial charge is 0.414 e. The van der Waals surface area contributed by atoms with Crippen LogP contribution in [0.5, 0.6) is 0 Å². The SMILES string of the molecule is NCc1ccc(N2C[C@@H](CN3CCC(C(=O)O)CC3)OC2=O)cc1.O=C(O)C1CCNCC1.